The predicted octanol–water partition coefficient (Wildman–Crippen LogP) is 4.00. The molecular formula is C23H21NO4S. The fourth-order valence-electron chi connectivity index (χ4n) is 5.02. The molecule has 1 fully saturated rings. The van der Waals surface area contributed by atoms with E-state index >= 15 is 0 Å². The second-order valence-corrected chi connectivity index (χ2v) is 9.88. The van der Waals surface area contributed by atoms with Gasteiger partial charge in [0.25, 0.3) is 0 Å². The number of carbonyl (C=O) groups excluding carboxylic acids is 2. The lowest BCUT2D eigenvalue weighted by molar-refractivity contribution is -0.112. The number of fused-ring (bicyclic) bond motifs is 4. The van der Waals surface area contributed by atoms with Gasteiger partial charge in [0.2, 0.25) is 21.6 Å². The highest BCUT2D eigenvalue weighted by Gasteiger charge is 2.43. The number of ketones is 2. The van der Waals surface area contributed by atoms with E-state index in [4.69, 9.17) is 0 Å². The van der Waals surface area contributed by atoms with Crippen LogP contribution in [0.3, 0.4) is 0 Å². The van der Waals surface area contributed by atoms with Gasteiger partial charge in [-0.1, -0.05) is 48.4 Å². The van der Waals surface area contributed by atoms with E-state index in [2.05, 4.69) is 6.08 Å². The summed E-state index contributed by atoms with van der Waals surface area (Å²) in [5, 5.41) is 0. The Bertz CT molecular complexity index is 1230. The summed E-state index contributed by atoms with van der Waals surface area (Å²) in [6, 6.07) is 9.16. The van der Waals surface area contributed by atoms with Crippen molar-refractivity contribution in [1.82, 2.24) is 3.97 Å². The van der Waals surface area contributed by atoms with Crippen LogP contribution < -0.4 is 0 Å². The maximum absolute atomic E-state index is 13.3. The van der Waals surface area contributed by atoms with Crippen molar-refractivity contribution in [3.8, 4) is 11.1 Å². The summed E-state index contributed by atoms with van der Waals surface area (Å²) in [4.78, 5) is 26.5. The first-order chi connectivity index (χ1) is 13.9. The molecule has 1 unspecified atom stereocenters. The summed E-state index contributed by atoms with van der Waals surface area (Å²) in [6.45, 7) is 0. The molecular weight excluding hydrogens is 386 g/mol. The zero-order valence-electron chi connectivity index (χ0n) is 16.1. The fraction of sp³-hybridized carbons (Fsp3) is 0.304. The van der Waals surface area contributed by atoms with Crippen LogP contribution in [0.1, 0.15) is 48.2 Å². The Morgan fingerprint density at radius 3 is 2.52 bits per heavy atom. The summed E-state index contributed by atoms with van der Waals surface area (Å²) in [6.07, 6.45) is 9.14. The van der Waals surface area contributed by atoms with E-state index < -0.39 is 21.6 Å². The van der Waals surface area contributed by atoms with Gasteiger partial charge in [0.05, 0.1) is 17.5 Å². The molecule has 0 spiro atoms. The van der Waals surface area contributed by atoms with Crippen LogP contribution in [0.25, 0.3) is 16.7 Å². The third kappa shape index (κ3) is 2.69. The van der Waals surface area contributed by atoms with Crippen LogP contribution in [0.15, 0.2) is 53.8 Å². The maximum Gasteiger partial charge on any atom is 0.236 e. The maximum atomic E-state index is 13.3. The highest BCUT2D eigenvalue weighted by atomic mass is 32.2. The van der Waals surface area contributed by atoms with Crippen LogP contribution in [-0.4, -0.2) is 30.2 Å². The summed E-state index contributed by atoms with van der Waals surface area (Å²) >= 11 is 0. The molecule has 1 saturated carbocycles. The Labute approximate surface area is 169 Å². The number of hydrogen-bond acceptors (Lipinski definition) is 4. The summed E-state index contributed by atoms with van der Waals surface area (Å²) in [5.41, 5.74) is 4.27. The molecule has 0 saturated heterocycles. The molecule has 0 amide bonds. The molecule has 3 aliphatic carbocycles. The quantitative estimate of drug-likeness (QED) is 0.557. The van der Waals surface area contributed by atoms with Gasteiger partial charge in [0, 0.05) is 23.3 Å². The first-order valence-electron chi connectivity index (χ1n) is 9.90. The smallest absolute Gasteiger partial charge is 0.236 e. The van der Waals surface area contributed by atoms with Crippen LogP contribution in [0.2, 0.25) is 0 Å². The lowest BCUT2D eigenvalue weighted by Gasteiger charge is -2.34. The molecule has 3 aliphatic rings. The predicted molar refractivity (Wildman–Crippen MR) is 111 cm³/mol. The van der Waals surface area contributed by atoms with Crippen LogP contribution >= 0.6 is 0 Å². The molecule has 2 aromatic rings. The molecule has 5 nitrogen and oxygen atoms in total. The molecule has 1 aromatic heterocycles. The Balaban J connectivity index is 1.83. The monoisotopic (exact) mass is 407 g/mol. The van der Waals surface area contributed by atoms with Gasteiger partial charge in [-0.15, -0.1) is 0 Å². The third-order valence-corrected chi connectivity index (χ3v) is 7.28. The minimum atomic E-state index is -3.65. The molecule has 0 bridgehead atoms. The molecule has 0 N–H and O–H groups in total. The second kappa shape index (κ2) is 6.39. The van der Waals surface area contributed by atoms with Crippen LogP contribution in [0, 0.1) is 5.92 Å². The largest absolute Gasteiger partial charge is 0.285 e. The van der Waals surface area contributed by atoms with Gasteiger partial charge in [0.1, 0.15) is 0 Å². The number of hydrogen-bond donors (Lipinski definition) is 0. The zero-order chi connectivity index (χ0) is 20.3. The number of nitrogens with zero attached hydrogens (tertiary/aromatic N) is 1. The van der Waals surface area contributed by atoms with Crippen molar-refractivity contribution in [2.45, 2.75) is 32.1 Å². The Kier molecular flexibility index (Phi) is 4.03. The van der Waals surface area contributed by atoms with E-state index in [1.807, 2.05) is 30.3 Å². The van der Waals surface area contributed by atoms with Crippen LogP contribution in [0.4, 0.5) is 0 Å². The molecule has 1 heterocycles. The number of allylic oxidation sites excluding steroid dienone is 4. The second-order valence-electron chi connectivity index (χ2n) is 8.02. The fourth-order valence-corrected chi connectivity index (χ4v) is 5.85. The van der Waals surface area contributed by atoms with E-state index in [1.54, 1.807) is 0 Å². The highest BCUT2D eigenvalue weighted by Crippen LogP contribution is 2.48. The Morgan fingerprint density at radius 2 is 1.79 bits per heavy atom. The van der Waals surface area contributed by atoms with Crippen molar-refractivity contribution < 1.29 is 18.0 Å². The molecule has 148 valence electrons. The lowest BCUT2D eigenvalue weighted by Crippen LogP contribution is -2.32. The molecule has 0 aliphatic heterocycles. The van der Waals surface area contributed by atoms with Gasteiger partial charge >= 0.3 is 0 Å². The van der Waals surface area contributed by atoms with E-state index in [1.165, 1.54) is 15.7 Å². The summed E-state index contributed by atoms with van der Waals surface area (Å²) in [5.74, 6) is -1.11. The standard InChI is InChI=1S/C23H21NO4S/c1-29(27,28)24-13-18(14-7-3-2-4-8-14)20-21(24)17-12-11-15-9-5-6-10-16(15)19(17)22(25)23(20)26/h2-4,7-8,11,13,16H,5-6,9-10,12H2,1H3. The van der Waals surface area contributed by atoms with Crippen molar-refractivity contribution in [2.24, 2.45) is 5.92 Å². The minimum absolute atomic E-state index is 0.0554. The van der Waals surface area contributed by atoms with Crippen molar-refractivity contribution in [3.63, 3.8) is 0 Å². The summed E-state index contributed by atoms with van der Waals surface area (Å²) < 4.78 is 26.4. The number of benzene rings is 1. The lowest BCUT2D eigenvalue weighted by atomic mass is 9.69. The first-order valence-corrected chi connectivity index (χ1v) is 11.8. The number of Topliss-reactive ketones (excluding diaryl/α,β-unsaturated/α-hetero) is 2. The van der Waals surface area contributed by atoms with E-state index in [0.29, 0.717) is 28.8 Å². The van der Waals surface area contributed by atoms with E-state index in [-0.39, 0.29) is 11.5 Å². The van der Waals surface area contributed by atoms with E-state index in [9.17, 15) is 18.0 Å². The molecule has 5 rings (SSSR count). The van der Waals surface area contributed by atoms with Crippen molar-refractivity contribution >= 4 is 27.2 Å². The Morgan fingerprint density at radius 1 is 1.03 bits per heavy atom. The van der Waals surface area contributed by atoms with Crippen LogP contribution in [-0.2, 0) is 14.8 Å². The minimum Gasteiger partial charge on any atom is -0.285 e. The molecule has 1 aromatic carbocycles. The number of aromatic nitrogens is 1. The van der Waals surface area contributed by atoms with E-state index in [0.717, 1.165) is 37.5 Å². The molecule has 0 radical (unpaired) electrons. The van der Waals surface area contributed by atoms with Gasteiger partial charge in [-0.05, 0) is 36.8 Å². The Hall–Kier alpha value is -2.73. The average Bonchev–Trinajstić information content (AvgIpc) is 3.13. The van der Waals surface area contributed by atoms with Gasteiger partial charge in [-0.2, -0.15) is 0 Å². The van der Waals surface area contributed by atoms with Crippen LogP contribution in [0.5, 0.6) is 0 Å². The van der Waals surface area contributed by atoms with Gasteiger partial charge in [-0.25, -0.2) is 12.4 Å². The third-order valence-electron chi connectivity index (χ3n) is 6.28. The molecule has 1 atom stereocenters. The number of rotatable bonds is 2. The summed E-state index contributed by atoms with van der Waals surface area (Å²) in [7, 11) is -3.65. The van der Waals surface area contributed by atoms with Gasteiger partial charge < -0.3 is 0 Å². The van der Waals surface area contributed by atoms with Crippen molar-refractivity contribution in [1.29, 1.82) is 0 Å². The van der Waals surface area contributed by atoms with Gasteiger partial charge in [-0.3, -0.25) is 9.59 Å². The molecule has 6 heteroatoms. The van der Waals surface area contributed by atoms with Crippen molar-refractivity contribution in [2.75, 3.05) is 6.26 Å². The van der Waals surface area contributed by atoms with Gasteiger partial charge in [0.15, 0.2) is 0 Å². The normalized spacial score (nSPS) is 21.4. The SMILES string of the molecule is CS(=O)(=O)n1cc(-c2ccccc2)c2c1C1=C(C(=O)C2=O)C2CCCCC2=CC1. The topological polar surface area (TPSA) is 73.2 Å². The van der Waals surface area contributed by atoms with Crippen molar-refractivity contribution in [3.05, 3.63) is 65.0 Å². The zero-order valence-corrected chi connectivity index (χ0v) is 17.0. The first kappa shape index (κ1) is 18.3. The average molecular weight is 407 g/mol. The highest BCUT2D eigenvalue weighted by molar-refractivity contribution is 7.89. The number of carbonyl (C=O) groups is 2. The molecule has 29 heavy (non-hydrogen) atoms.